The van der Waals surface area contributed by atoms with Crippen LogP contribution >= 0.6 is 0 Å². The topological polar surface area (TPSA) is 47.6 Å². The predicted molar refractivity (Wildman–Crippen MR) is 82.2 cm³/mol. The van der Waals surface area contributed by atoms with Crippen molar-refractivity contribution in [3.05, 3.63) is 29.8 Å². The Morgan fingerprint density at radius 1 is 1.33 bits per heavy atom. The minimum absolute atomic E-state index is 0.0975. The molecule has 1 amide bonds. The first kappa shape index (κ1) is 15.8. The van der Waals surface area contributed by atoms with Crippen LogP contribution < -0.4 is 10.1 Å². The zero-order valence-electron chi connectivity index (χ0n) is 13.1. The fraction of sp³-hybridized carbons (Fsp3) is 0.588. The highest BCUT2D eigenvalue weighted by molar-refractivity contribution is 5.82. The summed E-state index contributed by atoms with van der Waals surface area (Å²) < 4.78 is 10.7. The van der Waals surface area contributed by atoms with E-state index in [-0.39, 0.29) is 11.3 Å². The van der Waals surface area contributed by atoms with Gasteiger partial charge in [-0.1, -0.05) is 32.0 Å². The summed E-state index contributed by atoms with van der Waals surface area (Å²) in [5.74, 6) is 1.28. The summed E-state index contributed by atoms with van der Waals surface area (Å²) in [5, 5.41) is 3.05. The molecule has 0 aromatic heterocycles. The van der Waals surface area contributed by atoms with Gasteiger partial charge in [-0.25, -0.2) is 0 Å². The lowest BCUT2D eigenvalue weighted by Crippen LogP contribution is -2.43. The van der Waals surface area contributed by atoms with E-state index in [2.05, 4.69) is 5.32 Å². The minimum Gasteiger partial charge on any atom is -0.496 e. The van der Waals surface area contributed by atoms with Crippen LogP contribution in [-0.2, 0) is 16.1 Å². The summed E-state index contributed by atoms with van der Waals surface area (Å²) in [6, 6.07) is 7.76. The van der Waals surface area contributed by atoms with Gasteiger partial charge in [0.05, 0.1) is 7.11 Å². The molecule has 1 heterocycles. The summed E-state index contributed by atoms with van der Waals surface area (Å²) in [6.07, 6.45) is 1.91. The van der Waals surface area contributed by atoms with Crippen LogP contribution in [0.2, 0.25) is 0 Å². The van der Waals surface area contributed by atoms with Gasteiger partial charge < -0.3 is 14.8 Å². The largest absolute Gasteiger partial charge is 0.496 e. The molecular weight excluding hydrogens is 266 g/mol. The van der Waals surface area contributed by atoms with Gasteiger partial charge in [0.25, 0.3) is 0 Å². The molecule has 0 spiro atoms. The number of rotatable bonds is 5. The number of carbonyl (C=O) groups is 1. The molecule has 0 saturated carbocycles. The van der Waals surface area contributed by atoms with E-state index in [4.69, 9.17) is 9.47 Å². The Balaban J connectivity index is 1.97. The van der Waals surface area contributed by atoms with Crippen LogP contribution in [0.3, 0.4) is 0 Å². The van der Waals surface area contributed by atoms with Gasteiger partial charge in [-0.15, -0.1) is 0 Å². The van der Waals surface area contributed by atoms with E-state index in [1.807, 2.05) is 38.1 Å². The van der Waals surface area contributed by atoms with E-state index in [1.165, 1.54) is 0 Å². The maximum atomic E-state index is 12.5. The molecule has 116 valence electrons. The number of amides is 1. The van der Waals surface area contributed by atoms with Gasteiger partial charge in [-0.3, -0.25) is 4.79 Å². The van der Waals surface area contributed by atoms with Crippen LogP contribution in [0.1, 0.15) is 32.3 Å². The highest BCUT2D eigenvalue weighted by Gasteiger charge is 2.37. The molecule has 21 heavy (non-hydrogen) atoms. The molecule has 1 aliphatic rings. The molecule has 0 unspecified atom stereocenters. The Labute approximate surface area is 126 Å². The standard InChI is InChI=1S/C17H25NO3/c1-17(2,14-8-10-21-11-9-14)16(19)18-12-13-6-4-5-7-15(13)20-3/h4-7,14H,8-12H2,1-3H3,(H,18,19). The average Bonchev–Trinajstić information content (AvgIpc) is 2.53. The molecule has 0 bridgehead atoms. The maximum Gasteiger partial charge on any atom is 0.226 e. The van der Waals surface area contributed by atoms with E-state index in [9.17, 15) is 4.79 Å². The molecule has 1 aromatic carbocycles. The van der Waals surface area contributed by atoms with Crippen LogP contribution in [0.4, 0.5) is 0 Å². The highest BCUT2D eigenvalue weighted by Crippen LogP contribution is 2.34. The third kappa shape index (κ3) is 3.76. The second-order valence-corrected chi connectivity index (χ2v) is 6.10. The Morgan fingerprint density at radius 2 is 2.00 bits per heavy atom. The number of hydrogen-bond donors (Lipinski definition) is 1. The lowest BCUT2D eigenvalue weighted by Gasteiger charge is -2.35. The lowest BCUT2D eigenvalue weighted by molar-refractivity contribution is -0.134. The number of methoxy groups -OCH3 is 1. The highest BCUT2D eigenvalue weighted by atomic mass is 16.5. The number of ether oxygens (including phenoxy) is 2. The number of carbonyl (C=O) groups excluding carboxylic acids is 1. The average molecular weight is 291 g/mol. The first-order chi connectivity index (χ1) is 10.1. The lowest BCUT2D eigenvalue weighted by atomic mass is 9.74. The Morgan fingerprint density at radius 3 is 2.67 bits per heavy atom. The van der Waals surface area contributed by atoms with Gasteiger partial charge in [-0.05, 0) is 24.8 Å². The molecule has 1 aromatic rings. The Hall–Kier alpha value is -1.55. The van der Waals surface area contributed by atoms with Crippen molar-refractivity contribution < 1.29 is 14.3 Å². The second kappa shape index (κ2) is 6.94. The van der Waals surface area contributed by atoms with E-state index in [0.29, 0.717) is 12.5 Å². The summed E-state index contributed by atoms with van der Waals surface area (Å²) in [5.41, 5.74) is 0.627. The SMILES string of the molecule is COc1ccccc1CNC(=O)C(C)(C)C1CCOCC1. The van der Waals surface area contributed by atoms with Crippen LogP contribution in [0, 0.1) is 11.3 Å². The van der Waals surface area contributed by atoms with E-state index in [1.54, 1.807) is 7.11 Å². The van der Waals surface area contributed by atoms with Crippen LogP contribution in [0.15, 0.2) is 24.3 Å². The summed E-state index contributed by atoms with van der Waals surface area (Å²) in [6.45, 7) is 6.07. The van der Waals surface area contributed by atoms with Crippen molar-refractivity contribution in [3.8, 4) is 5.75 Å². The van der Waals surface area contributed by atoms with Crippen molar-refractivity contribution in [2.45, 2.75) is 33.2 Å². The molecular formula is C17H25NO3. The fourth-order valence-corrected chi connectivity index (χ4v) is 2.86. The van der Waals surface area contributed by atoms with Crippen LogP contribution in [0.5, 0.6) is 5.75 Å². The molecule has 4 heteroatoms. The second-order valence-electron chi connectivity index (χ2n) is 6.10. The zero-order chi connectivity index (χ0) is 15.3. The maximum absolute atomic E-state index is 12.5. The molecule has 1 aliphatic heterocycles. The molecule has 0 atom stereocenters. The van der Waals surface area contributed by atoms with Crippen LogP contribution in [0.25, 0.3) is 0 Å². The van der Waals surface area contributed by atoms with Crippen molar-refractivity contribution in [1.82, 2.24) is 5.32 Å². The van der Waals surface area contributed by atoms with Gasteiger partial charge in [0.2, 0.25) is 5.91 Å². The third-order valence-electron chi connectivity index (χ3n) is 4.46. The number of benzene rings is 1. The van der Waals surface area contributed by atoms with Crippen molar-refractivity contribution in [2.24, 2.45) is 11.3 Å². The molecule has 4 nitrogen and oxygen atoms in total. The quantitative estimate of drug-likeness (QED) is 0.907. The van der Waals surface area contributed by atoms with Crippen molar-refractivity contribution in [1.29, 1.82) is 0 Å². The summed E-state index contributed by atoms with van der Waals surface area (Å²) >= 11 is 0. The molecule has 1 fully saturated rings. The predicted octanol–water partition coefficient (Wildman–Crippen LogP) is 2.76. The van der Waals surface area contributed by atoms with Crippen molar-refractivity contribution in [3.63, 3.8) is 0 Å². The first-order valence-corrected chi connectivity index (χ1v) is 7.53. The van der Waals surface area contributed by atoms with Crippen LogP contribution in [-0.4, -0.2) is 26.2 Å². The van der Waals surface area contributed by atoms with Gasteiger partial charge in [0.1, 0.15) is 5.75 Å². The van der Waals surface area contributed by atoms with Gasteiger partial charge in [0, 0.05) is 30.7 Å². The van der Waals surface area contributed by atoms with Gasteiger partial charge in [-0.2, -0.15) is 0 Å². The van der Waals surface area contributed by atoms with Gasteiger partial charge in [0.15, 0.2) is 0 Å². The van der Waals surface area contributed by atoms with E-state index >= 15 is 0 Å². The van der Waals surface area contributed by atoms with Crippen molar-refractivity contribution >= 4 is 5.91 Å². The number of hydrogen-bond acceptors (Lipinski definition) is 3. The summed E-state index contributed by atoms with van der Waals surface area (Å²) in [7, 11) is 1.65. The van der Waals surface area contributed by atoms with Gasteiger partial charge >= 0.3 is 0 Å². The minimum atomic E-state index is -0.369. The third-order valence-corrected chi connectivity index (χ3v) is 4.46. The van der Waals surface area contributed by atoms with E-state index in [0.717, 1.165) is 37.4 Å². The summed E-state index contributed by atoms with van der Waals surface area (Å²) in [4.78, 5) is 12.5. The molecule has 1 saturated heterocycles. The molecule has 2 rings (SSSR count). The molecule has 0 radical (unpaired) electrons. The molecule has 1 N–H and O–H groups in total. The number of nitrogens with one attached hydrogen (secondary N) is 1. The van der Waals surface area contributed by atoms with Crippen molar-refractivity contribution in [2.75, 3.05) is 20.3 Å². The fourth-order valence-electron chi connectivity index (χ4n) is 2.86. The number of para-hydroxylation sites is 1. The Bertz CT molecular complexity index is 479. The molecule has 0 aliphatic carbocycles. The first-order valence-electron chi connectivity index (χ1n) is 7.53. The Kier molecular flexibility index (Phi) is 5.23. The smallest absolute Gasteiger partial charge is 0.226 e. The zero-order valence-corrected chi connectivity index (χ0v) is 13.1. The normalized spacial score (nSPS) is 16.5. The van der Waals surface area contributed by atoms with E-state index < -0.39 is 0 Å². The monoisotopic (exact) mass is 291 g/mol.